The van der Waals surface area contributed by atoms with Gasteiger partial charge in [0.2, 0.25) is 0 Å². The molecule has 4 aromatic rings. The monoisotopic (exact) mass is 391 g/mol. The zero-order valence-electron chi connectivity index (χ0n) is 15.2. The van der Waals surface area contributed by atoms with E-state index in [1.165, 1.54) is 0 Å². The summed E-state index contributed by atoms with van der Waals surface area (Å²) in [5.41, 5.74) is 4.43. The van der Waals surface area contributed by atoms with Crippen LogP contribution in [0.3, 0.4) is 0 Å². The Balaban J connectivity index is 1.40. The van der Waals surface area contributed by atoms with E-state index in [0.29, 0.717) is 16.5 Å². The van der Waals surface area contributed by atoms with E-state index in [0.717, 1.165) is 28.0 Å². The Morgan fingerprint density at radius 1 is 1.11 bits per heavy atom. The molecular weight excluding hydrogens is 374 g/mol. The fraction of sp³-hybridized carbons (Fsp3) is 0.0909. The molecule has 1 amide bonds. The van der Waals surface area contributed by atoms with Gasteiger partial charge in [-0.15, -0.1) is 0 Å². The van der Waals surface area contributed by atoms with E-state index in [1.54, 1.807) is 0 Å². The van der Waals surface area contributed by atoms with E-state index < -0.39 is 0 Å². The first-order valence-corrected chi connectivity index (χ1v) is 9.20. The number of carbonyl (C=O) groups excluding carboxylic acids is 1. The number of aromatic nitrogens is 2. The Bertz CT molecular complexity index is 1140. The van der Waals surface area contributed by atoms with Crippen molar-refractivity contribution in [2.24, 2.45) is 0 Å². The molecule has 2 N–H and O–H groups in total. The molecule has 0 aliphatic carbocycles. The van der Waals surface area contributed by atoms with Crippen molar-refractivity contribution >= 4 is 34.2 Å². The fourth-order valence-electron chi connectivity index (χ4n) is 2.88. The number of rotatable bonds is 5. The average molecular weight is 392 g/mol. The van der Waals surface area contributed by atoms with Gasteiger partial charge in [-0.05, 0) is 67.1 Å². The maximum atomic E-state index is 12.1. The highest BCUT2D eigenvalue weighted by Gasteiger charge is 2.08. The number of H-pyrrole nitrogens is 1. The molecule has 0 saturated heterocycles. The summed E-state index contributed by atoms with van der Waals surface area (Å²) >= 11 is 6.02. The van der Waals surface area contributed by atoms with Gasteiger partial charge in [-0.25, -0.2) is 4.98 Å². The van der Waals surface area contributed by atoms with E-state index in [1.807, 2.05) is 73.7 Å². The molecule has 0 saturated carbocycles. The van der Waals surface area contributed by atoms with Crippen molar-refractivity contribution in [2.75, 3.05) is 11.9 Å². The van der Waals surface area contributed by atoms with Crippen LogP contribution in [0.4, 0.5) is 5.69 Å². The minimum atomic E-state index is -0.215. The molecule has 3 aromatic carbocycles. The standard InChI is InChI=1S/C22H18ClN3O2/c1-14-3-2-4-18(11-14)28-13-21(27)24-17-8-5-15(6-9-17)22-25-19-10-7-16(23)12-20(19)26-22/h2-12H,13H2,1H3,(H,24,27)(H,25,26). The van der Waals surface area contributed by atoms with Gasteiger partial charge in [-0.1, -0.05) is 23.7 Å². The molecule has 6 heteroatoms. The van der Waals surface area contributed by atoms with Crippen molar-refractivity contribution in [1.29, 1.82) is 0 Å². The number of amides is 1. The van der Waals surface area contributed by atoms with Crippen LogP contribution in [0.15, 0.2) is 66.7 Å². The highest BCUT2D eigenvalue weighted by molar-refractivity contribution is 6.31. The number of aryl methyl sites for hydroxylation is 1. The predicted octanol–water partition coefficient (Wildman–Crippen LogP) is 5.21. The van der Waals surface area contributed by atoms with Crippen LogP contribution in [0.5, 0.6) is 5.75 Å². The van der Waals surface area contributed by atoms with Gasteiger partial charge in [-0.3, -0.25) is 4.79 Å². The molecule has 0 spiro atoms. The van der Waals surface area contributed by atoms with E-state index >= 15 is 0 Å². The number of halogens is 1. The Kier molecular flexibility index (Phi) is 5.00. The number of aromatic amines is 1. The number of imidazole rings is 1. The number of carbonyl (C=O) groups is 1. The van der Waals surface area contributed by atoms with Crippen molar-refractivity contribution in [3.63, 3.8) is 0 Å². The summed E-state index contributed by atoms with van der Waals surface area (Å²) in [7, 11) is 0. The molecule has 0 fully saturated rings. The molecule has 140 valence electrons. The van der Waals surface area contributed by atoms with E-state index in [-0.39, 0.29) is 12.5 Å². The lowest BCUT2D eigenvalue weighted by Gasteiger charge is -2.08. The Hall–Kier alpha value is -3.31. The van der Waals surface area contributed by atoms with Crippen molar-refractivity contribution < 1.29 is 9.53 Å². The smallest absolute Gasteiger partial charge is 0.262 e. The van der Waals surface area contributed by atoms with Crippen LogP contribution in [0.1, 0.15) is 5.56 Å². The van der Waals surface area contributed by atoms with E-state index in [4.69, 9.17) is 16.3 Å². The lowest BCUT2D eigenvalue weighted by atomic mass is 10.2. The van der Waals surface area contributed by atoms with Crippen molar-refractivity contribution in [1.82, 2.24) is 9.97 Å². The summed E-state index contributed by atoms with van der Waals surface area (Å²) in [5.74, 6) is 1.21. The van der Waals surface area contributed by atoms with Gasteiger partial charge in [-0.2, -0.15) is 0 Å². The molecule has 1 aromatic heterocycles. The Morgan fingerprint density at radius 3 is 2.71 bits per heavy atom. The van der Waals surface area contributed by atoms with Gasteiger partial charge in [0.15, 0.2) is 6.61 Å². The van der Waals surface area contributed by atoms with Crippen molar-refractivity contribution in [3.05, 3.63) is 77.3 Å². The maximum Gasteiger partial charge on any atom is 0.262 e. The Labute approximate surface area is 167 Å². The third-order valence-corrected chi connectivity index (χ3v) is 4.48. The SMILES string of the molecule is Cc1cccc(OCC(=O)Nc2ccc(-c3nc4ccc(Cl)cc4[nH]3)cc2)c1. The van der Waals surface area contributed by atoms with Gasteiger partial charge in [0, 0.05) is 16.3 Å². The van der Waals surface area contributed by atoms with Crippen LogP contribution in [-0.2, 0) is 4.79 Å². The van der Waals surface area contributed by atoms with E-state index in [2.05, 4.69) is 15.3 Å². The summed E-state index contributed by atoms with van der Waals surface area (Å²) in [4.78, 5) is 19.9. The minimum absolute atomic E-state index is 0.0461. The number of ether oxygens (including phenoxy) is 1. The summed E-state index contributed by atoms with van der Waals surface area (Å²) in [6, 6.07) is 20.6. The zero-order chi connectivity index (χ0) is 19.5. The summed E-state index contributed by atoms with van der Waals surface area (Å²) in [5, 5.41) is 3.49. The van der Waals surface area contributed by atoms with Crippen LogP contribution in [-0.4, -0.2) is 22.5 Å². The molecular formula is C22H18ClN3O2. The Morgan fingerprint density at radius 2 is 1.93 bits per heavy atom. The second kappa shape index (κ2) is 7.74. The normalized spacial score (nSPS) is 10.8. The fourth-order valence-corrected chi connectivity index (χ4v) is 3.05. The number of nitrogens with one attached hydrogen (secondary N) is 2. The summed E-state index contributed by atoms with van der Waals surface area (Å²) in [6.07, 6.45) is 0. The summed E-state index contributed by atoms with van der Waals surface area (Å²) < 4.78 is 5.52. The largest absolute Gasteiger partial charge is 0.484 e. The zero-order valence-corrected chi connectivity index (χ0v) is 16.0. The van der Waals surface area contributed by atoms with Crippen molar-refractivity contribution in [3.8, 4) is 17.1 Å². The molecule has 28 heavy (non-hydrogen) atoms. The quantitative estimate of drug-likeness (QED) is 0.490. The number of benzene rings is 3. The second-order valence-corrected chi connectivity index (χ2v) is 6.91. The average Bonchev–Trinajstić information content (AvgIpc) is 3.10. The first kappa shape index (κ1) is 18.1. The first-order chi connectivity index (χ1) is 13.6. The van der Waals surface area contributed by atoms with Gasteiger partial charge < -0.3 is 15.0 Å². The van der Waals surface area contributed by atoms with Crippen LogP contribution in [0, 0.1) is 6.92 Å². The van der Waals surface area contributed by atoms with Crippen LogP contribution in [0.2, 0.25) is 5.02 Å². The molecule has 0 unspecified atom stereocenters. The van der Waals surface area contributed by atoms with Crippen LogP contribution in [0.25, 0.3) is 22.4 Å². The minimum Gasteiger partial charge on any atom is -0.484 e. The molecule has 0 bridgehead atoms. The van der Waals surface area contributed by atoms with Gasteiger partial charge in [0.05, 0.1) is 11.0 Å². The molecule has 0 aliphatic rings. The molecule has 0 radical (unpaired) electrons. The number of nitrogens with zero attached hydrogens (tertiary/aromatic N) is 1. The lowest BCUT2D eigenvalue weighted by molar-refractivity contribution is -0.118. The van der Waals surface area contributed by atoms with Gasteiger partial charge in [0.25, 0.3) is 5.91 Å². The number of hydrogen-bond donors (Lipinski definition) is 2. The van der Waals surface area contributed by atoms with Gasteiger partial charge >= 0.3 is 0 Å². The van der Waals surface area contributed by atoms with Crippen LogP contribution < -0.4 is 10.1 Å². The predicted molar refractivity (Wildman–Crippen MR) is 112 cm³/mol. The molecule has 0 aliphatic heterocycles. The number of fused-ring (bicyclic) bond motifs is 1. The third kappa shape index (κ3) is 4.15. The highest BCUT2D eigenvalue weighted by Crippen LogP contribution is 2.24. The molecule has 1 heterocycles. The molecule has 0 atom stereocenters. The lowest BCUT2D eigenvalue weighted by Crippen LogP contribution is -2.20. The summed E-state index contributed by atoms with van der Waals surface area (Å²) in [6.45, 7) is 1.93. The van der Waals surface area contributed by atoms with Crippen molar-refractivity contribution in [2.45, 2.75) is 6.92 Å². The molecule has 4 rings (SSSR count). The van der Waals surface area contributed by atoms with Gasteiger partial charge in [0.1, 0.15) is 11.6 Å². The highest BCUT2D eigenvalue weighted by atomic mass is 35.5. The number of hydrogen-bond acceptors (Lipinski definition) is 3. The topological polar surface area (TPSA) is 67.0 Å². The third-order valence-electron chi connectivity index (χ3n) is 4.25. The second-order valence-electron chi connectivity index (χ2n) is 6.48. The number of anilines is 1. The van der Waals surface area contributed by atoms with E-state index in [9.17, 15) is 4.79 Å². The maximum absolute atomic E-state index is 12.1. The first-order valence-electron chi connectivity index (χ1n) is 8.82. The van der Waals surface area contributed by atoms with Crippen LogP contribution >= 0.6 is 11.6 Å². The molecule has 5 nitrogen and oxygen atoms in total.